The second-order valence-electron chi connectivity index (χ2n) is 3.35. The SMILES string of the molecule is CCCCSSc1nnc(SSCCCC)s1. The first-order valence-corrected chi connectivity index (χ1v) is 11.2. The Kier molecular flexibility index (Phi) is 10.2. The summed E-state index contributed by atoms with van der Waals surface area (Å²) in [4.78, 5) is 0. The van der Waals surface area contributed by atoms with Crippen LogP contribution in [0.3, 0.4) is 0 Å². The Balaban J connectivity index is 2.14. The van der Waals surface area contributed by atoms with Gasteiger partial charge in [0, 0.05) is 11.5 Å². The fraction of sp³-hybridized carbons (Fsp3) is 0.800. The lowest BCUT2D eigenvalue weighted by Gasteiger charge is -1.94. The molecule has 0 aliphatic heterocycles. The molecule has 7 heteroatoms. The van der Waals surface area contributed by atoms with Crippen molar-refractivity contribution in [2.24, 2.45) is 0 Å². The maximum Gasteiger partial charge on any atom is 0.185 e. The van der Waals surface area contributed by atoms with Crippen molar-refractivity contribution in [2.45, 2.75) is 48.2 Å². The molecule has 0 atom stereocenters. The number of unbranched alkanes of at least 4 members (excludes halogenated alkanes) is 2. The van der Waals surface area contributed by atoms with Crippen LogP contribution in [-0.4, -0.2) is 21.7 Å². The van der Waals surface area contributed by atoms with Crippen LogP contribution in [0.15, 0.2) is 8.68 Å². The zero-order valence-electron chi connectivity index (χ0n) is 10.2. The molecule has 0 radical (unpaired) electrons. The van der Waals surface area contributed by atoms with Gasteiger partial charge >= 0.3 is 0 Å². The highest BCUT2D eigenvalue weighted by Gasteiger charge is 2.05. The van der Waals surface area contributed by atoms with Crippen LogP contribution in [0.25, 0.3) is 0 Å². The standard InChI is InChI=1S/C10H18N2S5/c1-3-5-7-13-16-9-11-12-10(15-9)17-14-8-6-4-2/h3-8H2,1-2H3. The minimum Gasteiger partial charge on any atom is -0.130 e. The Morgan fingerprint density at radius 3 is 1.76 bits per heavy atom. The first kappa shape index (κ1) is 16.0. The molecule has 0 amide bonds. The molecule has 1 rings (SSSR count). The molecule has 0 bridgehead atoms. The predicted octanol–water partition coefficient (Wildman–Crippen LogP) is 5.62. The van der Waals surface area contributed by atoms with Gasteiger partial charge in [0.05, 0.1) is 0 Å². The molecule has 1 aromatic rings. The first-order chi connectivity index (χ1) is 8.36. The lowest BCUT2D eigenvalue weighted by atomic mass is 10.4. The van der Waals surface area contributed by atoms with Crippen molar-refractivity contribution in [2.75, 3.05) is 11.5 Å². The summed E-state index contributed by atoms with van der Waals surface area (Å²) in [6.07, 6.45) is 5.09. The van der Waals surface area contributed by atoms with Crippen molar-refractivity contribution in [1.29, 1.82) is 0 Å². The van der Waals surface area contributed by atoms with Crippen LogP contribution in [0.4, 0.5) is 0 Å². The van der Waals surface area contributed by atoms with Crippen molar-refractivity contribution >= 4 is 54.5 Å². The van der Waals surface area contributed by atoms with Gasteiger partial charge in [-0.1, -0.05) is 59.6 Å². The second kappa shape index (κ2) is 10.8. The summed E-state index contributed by atoms with van der Waals surface area (Å²) in [6, 6.07) is 0. The average molecular weight is 327 g/mol. The normalized spacial score (nSPS) is 10.9. The van der Waals surface area contributed by atoms with Crippen molar-refractivity contribution in [3.8, 4) is 0 Å². The third kappa shape index (κ3) is 7.87. The molecular weight excluding hydrogens is 308 g/mol. The van der Waals surface area contributed by atoms with Crippen LogP contribution >= 0.6 is 54.5 Å². The van der Waals surface area contributed by atoms with Crippen molar-refractivity contribution in [1.82, 2.24) is 10.2 Å². The summed E-state index contributed by atoms with van der Waals surface area (Å²) < 4.78 is 2.18. The van der Waals surface area contributed by atoms with Crippen LogP contribution in [0.5, 0.6) is 0 Å². The number of nitrogens with zero attached hydrogens (tertiary/aromatic N) is 2. The Hall–Kier alpha value is 0.960. The van der Waals surface area contributed by atoms with E-state index in [0.717, 1.165) is 8.68 Å². The topological polar surface area (TPSA) is 25.8 Å². The van der Waals surface area contributed by atoms with Gasteiger partial charge in [0.1, 0.15) is 0 Å². The number of hydrogen-bond donors (Lipinski definition) is 0. The molecule has 0 fully saturated rings. The maximum atomic E-state index is 4.19. The summed E-state index contributed by atoms with van der Waals surface area (Å²) >= 11 is 1.71. The van der Waals surface area contributed by atoms with Crippen molar-refractivity contribution in [3.05, 3.63) is 0 Å². The number of rotatable bonds is 10. The van der Waals surface area contributed by atoms with Gasteiger partial charge in [0.15, 0.2) is 8.68 Å². The molecule has 2 nitrogen and oxygen atoms in total. The van der Waals surface area contributed by atoms with Crippen molar-refractivity contribution < 1.29 is 0 Å². The van der Waals surface area contributed by atoms with E-state index in [1.165, 1.54) is 37.2 Å². The van der Waals surface area contributed by atoms with Gasteiger partial charge in [0.2, 0.25) is 0 Å². The highest BCUT2D eigenvalue weighted by molar-refractivity contribution is 8.77. The zero-order chi connectivity index (χ0) is 12.3. The Labute approximate surface area is 124 Å². The second-order valence-corrected chi connectivity index (χ2v) is 9.65. The van der Waals surface area contributed by atoms with E-state index < -0.39 is 0 Å². The van der Waals surface area contributed by atoms with Gasteiger partial charge in [-0.3, -0.25) is 0 Å². The highest BCUT2D eigenvalue weighted by atomic mass is 33.1. The molecule has 0 aromatic carbocycles. The Morgan fingerprint density at radius 2 is 1.35 bits per heavy atom. The molecule has 1 heterocycles. The van der Waals surface area contributed by atoms with Gasteiger partial charge in [-0.2, -0.15) is 0 Å². The molecule has 0 unspecified atom stereocenters. The summed E-state index contributed by atoms with van der Waals surface area (Å²) in [5.41, 5.74) is 0. The summed E-state index contributed by atoms with van der Waals surface area (Å²) in [5.74, 6) is 2.41. The number of aromatic nitrogens is 2. The largest absolute Gasteiger partial charge is 0.185 e. The molecule has 0 spiro atoms. The van der Waals surface area contributed by atoms with E-state index in [4.69, 9.17) is 0 Å². The quantitative estimate of drug-likeness (QED) is 0.409. The van der Waals surface area contributed by atoms with Crippen LogP contribution in [0.2, 0.25) is 0 Å². The molecule has 17 heavy (non-hydrogen) atoms. The third-order valence-electron chi connectivity index (χ3n) is 1.81. The number of hydrogen-bond acceptors (Lipinski definition) is 7. The third-order valence-corrected chi connectivity index (χ3v) is 8.21. The fourth-order valence-corrected chi connectivity index (χ4v) is 6.89. The van der Waals surface area contributed by atoms with E-state index in [0.29, 0.717) is 0 Å². The summed E-state index contributed by atoms with van der Waals surface area (Å²) in [7, 11) is 7.30. The van der Waals surface area contributed by atoms with Gasteiger partial charge in [0.25, 0.3) is 0 Å². The summed E-state index contributed by atoms with van der Waals surface area (Å²) in [6.45, 7) is 4.44. The Morgan fingerprint density at radius 1 is 0.882 bits per heavy atom. The Bertz CT molecular complexity index is 265. The van der Waals surface area contributed by atoms with Gasteiger partial charge in [-0.05, 0) is 34.4 Å². The van der Waals surface area contributed by atoms with Crippen LogP contribution in [0.1, 0.15) is 39.5 Å². The van der Waals surface area contributed by atoms with Gasteiger partial charge in [-0.15, -0.1) is 10.2 Å². The molecule has 0 N–H and O–H groups in total. The summed E-state index contributed by atoms with van der Waals surface area (Å²) in [5, 5.41) is 8.38. The van der Waals surface area contributed by atoms with Gasteiger partial charge < -0.3 is 0 Å². The van der Waals surface area contributed by atoms with Crippen molar-refractivity contribution in [3.63, 3.8) is 0 Å². The van der Waals surface area contributed by atoms with Crippen LogP contribution < -0.4 is 0 Å². The first-order valence-electron chi connectivity index (χ1n) is 5.79. The van der Waals surface area contributed by atoms with E-state index in [9.17, 15) is 0 Å². The van der Waals surface area contributed by atoms with Crippen LogP contribution in [0, 0.1) is 0 Å². The zero-order valence-corrected chi connectivity index (χ0v) is 14.3. The fourth-order valence-electron chi connectivity index (χ4n) is 0.855. The smallest absolute Gasteiger partial charge is 0.130 e. The van der Waals surface area contributed by atoms with Crippen LogP contribution in [-0.2, 0) is 0 Å². The molecule has 1 aromatic heterocycles. The van der Waals surface area contributed by atoms with E-state index in [1.54, 1.807) is 32.9 Å². The predicted molar refractivity (Wildman–Crippen MR) is 86.4 cm³/mol. The van der Waals surface area contributed by atoms with E-state index >= 15 is 0 Å². The van der Waals surface area contributed by atoms with E-state index in [-0.39, 0.29) is 0 Å². The monoisotopic (exact) mass is 326 g/mol. The lowest BCUT2D eigenvalue weighted by Crippen LogP contribution is -1.74. The highest BCUT2D eigenvalue weighted by Crippen LogP contribution is 2.39. The maximum absolute atomic E-state index is 4.19. The minimum absolute atomic E-state index is 1.09. The molecule has 0 aliphatic rings. The molecule has 0 saturated heterocycles. The lowest BCUT2D eigenvalue weighted by molar-refractivity contribution is 0.898. The molecule has 98 valence electrons. The molecule has 0 saturated carbocycles. The van der Waals surface area contributed by atoms with E-state index in [2.05, 4.69) is 24.0 Å². The van der Waals surface area contributed by atoms with E-state index in [1.807, 2.05) is 21.6 Å². The molecule has 0 aliphatic carbocycles. The molecular formula is C10H18N2S5. The minimum atomic E-state index is 1.09. The van der Waals surface area contributed by atoms with Gasteiger partial charge in [-0.25, -0.2) is 0 Å². The average Bonchev–Trinajstić information content (AvgIpc) is 2.78.